The Bertz CT molecular complexity index is 736. The molecule has 1 atom stereocenters. The lowest BCUT2D eigenvalue weighted by atomic mass is 10.0. The Morgan fingerprint density at radius 2 is 1.78 bits per heavy atom. The van der Waals surface area contributed by atoms with Crippen LogP contribution in [0.25, 0.3) is 0 Å². The smallest absolute Gasteiger partial charge is 0.352 e. The van der Waals surface area contributed by atoms with Gasteiger partial charge < -0.3 is 9.67 Å². The zero-order chi connectivity index (χ0) is 17.1. The summed E-state index contributed by atoms with van der Waals surface area (Å²) in [5, 5.41) is 10.4. The van der Waals surface area contributed by atoms with Crippen LogP contribution >= 0.6 is 0 Å². The Kier molecular flexibility index (Phi) is 4.86. The molecule has 2 aromatic rings. The molecule has 0 saturated carbocycles. The number of aryl methyl sites for hydroxylation is 1. The van der Waals surface area contributed by atoms with Crippen molar-refractivity contribution in [2.75, 3.05) is 7.11 Å². The molecule has 0 aliphatic heterocycles. The lowest BCUT2D eigenvalue weighted by Crippen LogP contribution is -2.34. The third-order valence-electron chi connectivity index (χ3n) is 3.95. The fraction of sp³-hybridized carbons (Fsp3) is 0.294. The van der Waals surface area contributed by atoms with E-state index in [1.807, 2.05) is 38.1 Å². The summed E-state index contributed by atoms with van der Waals surface area (Å²) in [7, 11) is 2.97. The molecule has 0 bridgehead atoms. The van der Waals surface area contributed by atoms with Gasteiger partial charge in [0.1, 0.15) is 11.4 Å². The topological polar surface area (TPSA) is 71.8 Å². The minimum Gasteiger partial charge on any atom is -0.477 e. The number of aromatic nitrogens is 1. The van der Waals surface area contributed by atoms with Crippen LogP contribution in [0.3, 0.4) is 0 Å². The van der Waals surface area contributed by atoms with Crippen LogP contribution in [0, 0.1) is 6.92 Å². The van der Waals surface area contributed by atoms with E-state index in [0.29, 0.717) is 0 Å². The normalized spacial score (nSPS) is 12.0. The molecule has 1 amide bonds. The van der Waals surface area contributed by atoms with Crippen LogP contribution in [0.5, 0.6) is 0 Å². The highest BCUT2D eigenvalue weighted by Crippen LogP contribution is 2.25. The van der Waals surface area contributed by atoms with Crippen LogP contribution in [0.4, 0.5) is 0 Å². The maximum atomic E-state index is 12.7. The molecule has 0 fully saturated rings. The third-order valence-corrected chi connectivity index (χ3v) is 3.95. The number of carboxylic acid groups (broad SMARTS) is 1. The molecule has 6 nitrogen and oxygen atoms in total. The van der Waals surface area contributed by atoms with Crippen LogP contribution in [-0.2, 0) is 11.9 Å². The van der Waals surface area contributed by atoms with Crippen LogP contribution in [0.1, 0.15) is 45.1 Å². The van der Waals surface area contributed by atoms with E-state index in [0.717, 1.165) is 11.1 Å². The molecule has 0 aliphatic carbocycles. The first kappa shape index (κ1) is 16.8. The number of carboxylic acids is 1. The molecular weight excluding hydrogens is 296 g/mol. The summed E-state index contributed by atoms with van der Waals surface area (Å²) in [5.74, 6) is -1.47. The van der Waals surface area contributed by atoms with Crippen molar-refractivity contribution in [3.63, 3.8) is 0 Å². The molecule has 1 unspecified atom stereocenters. The Labute approximate surface area is 134 Å². The Morgan fingerprint density at radius 1 is 1.17 bits per heavy atom. The van der Waals surface area contributed by atoms with E-state index in [9.17, 15) is 9.59 Å². The fourth-order valence-corrected chi connectivity index (χ4v) is 2.65. The van der Waals surface area contributed by atoms with Gasteiger partial charge >= 0.3 is 5.97 Å². The molecule has 0 spiro atoms. The standard InChI is InChI=1S/C17H20N2O4/c1-11-7-5-6-8-13(11)12(2)19(23-4)16(20)14-9-10-15(17(21)22)18(14)3/h5-10,12H,1-4H3,(H,21,22). The maximum Gasteiger partial charge on any atom is 0.352 e. The van der Waals surface area contributed by atoms with Gasteiger partial charge in [-0.1, -0.05) is 24.3 Å². The van der Waals surface area contributed by atoms with Crippen LogP contribution < -0.4 is 0 Å². The van der Waals surface area contributed by atoms with Crippen molar-refractivity contribution < 1.29 is 19.5 Å². The van der Waals surface area contributed by atoms with Crippen molar-refractivity contribution in [1.29, 1.82) is 0 Å². The molecule has 2 rings (SSSR count). The number of rotatable bonds is 5. The molecule has 1 heterocycles. The highest BCUT2D eigenvalue weighted by atomic mass is 16.7. The number of hydrogen-bond acceptors (Lipinski definition) is 3. The van der Waals surface area contributed by atoms with Gasteiger partial charge in [0.15, 0.2) is 0 Å². The quantitative estimate of drug-likeness (QED) is 0.861. The number of amides is 1. The number of carbonyl (C=O) groups excluding carboxylic acids is 1. The molecule has 1 aromatic heterocycles. The first-order chi connectivity index (χ1) is 10.9. The summed E-state index contributed by atoms with van der Waals surface area (Å²) in [4.78, 5) is 29.2. The summed E-state index contributed by atoms with van der Waals surface area (Å²) < 4.78 is 1.35. The molecule has 23 heavy (non-hydrogen) atoms. The van der Waals surface area contributed by atoms with Crippen molar-refractivity contribution in [2.24, 2.45) is 7.05 Å². The van der Waals surface area contributed by atoms with Crippen molar-refractivity contribution >= 4 is 11.9 Å². The molecule has 1 aromatic carbocycles. The molecule has 0 saturated heterocycles. The highest BCUT2D eigenvalue weighted by Gasteiger charge is 2.27. The second-order valence-corrected chi connectivity index (χ2v) is 5.31. The first-order valence-electron chi connectivity index (χ1n) is 7.20. The number of nitrogens with zero attached hydrogens (tertiary/aromatic N) is 2. The molecule has 122 valence electrons. The molecular formula is C17H20N2O4. The van der Waals surface area contributed by atoms with Gasteiger partial charge in [-0.25, -0.2) is 9.86 Å². The van der Waals surface area contributed by atoms with Crippen LogP contribution in [0.2, 0.25) is 0 Å². The molecule has 1 N–H and O–H groups in total. The zero-order valence-corrected chi connectivity index (χ0v) is 13.6. The van der Waals surface area contributed by atoms with E-state index in [-0.39, 0.29) is 17.4 Å². The molecule has 0 aliphatic rings. The minimum absolute atomic E-state index is 0.0490. The lowest BCUT2D eigenvalue weighted by molar-refractivity contribution is -0.121. The average molecular weight is 316 g/mol. The van der Waals surface area contributed by atoms with Gasteiger partial charge in [-0.05, 0) is 37.1 Å². The summed E-state index contributed by atoms with van der Waals surface area (Å²) in [6.07, 6.45) is 0. The average Bonchev–Trinajstić information content (AvgIpc) is 2.90. The Morgan fingerprint density at radius 3 is 2.30 bits per heavy atom. The monoisotopic (exact) mass is 316 g/mol. The predicted octanol–water partition coefficient (Wildman–Crippen LogP) is 2.80. The zero-order valence-electron chi connectivity index (χ0n) is 13.6. The van der Waals surface area contributed by atoms with Gasteiger partial charge in [0.25, 0.3) is 5.91 Å². The highest BCUT2D eigenvalue weighted by molar-refractivity contribution is 5.95. The third kappa shape index (κ3) is 3.12. The predicted molar refractivity (Wildman–Crippen MR) is 85.1 cm³/mol. The summed E-state index contributed by atoms with van der Waals surface area (Å²) in [5.41, 5.74) is 2.32. The van der Waals surface area contributed by atoms with Crippen molar-refractivity contribution in [2.45, 2.75) is 19.9 Å². The minimum atomic E-state index is -1.08. The van der Waals surface area contributed by atoms with E-state index in [1.165, 1.54) is 28.9 Å². The SMILES string of the molecule is CON(C(=O)c1ccc(C(=O)O)n1C)C(C)c1ccccc1C. The van der Waals surface area contributed by atoms with Gasteiger partial charge in [0.05, 0.1) is 13.2 Å². The van der Waals surface area contributed by atoms with Crippen molar-refractivity contribution in [3.8, 4) is 0 Å². The number of benzene rings is 1. The molecule has 0 radical (unpaired) electrons. The summed E-state index contributed by atoms with van der Waals surface area (Å²) in [6.45, 7) is 3.83. The molecule has 6 heteroatoms. The van der Waals surface area contributed by atoms with Crippen LogP contribution in [-0.4, -0.2) is 33.7 Å². The van der Waals surface area contributed by atoms with E-state index in [4.69, 9.17) is 9.94 Å². The van der Waals surface area contributed by atoms with Gasteiger partial charge in [-0.15, -0.1) is 0 Å². The largest absolute Gasteiger partial charge is 0.477 e. The Hall–Kier alpha value is -2.60. The second-order valence-electron chi connectivity index (χ2n) is 5.31. The maximum absolute atomic E-state index is 12.7. The van der Waals surface area contributed by atoms with Crippen molar-refractivity contribution in [3.05, 3.63) is 58.9 Å². The summed E-state index contributed by atoms with van der Waals surface area (Å²) in [6, 6.07) is 10.3. The number of carbonyl (C=O) groups is 2. The van der Waals surface area contributed by atoms with E-state index < -0.39 is 11.9 Å². The van der Waals surface area contributed by atoms with E-state index in [1.54, 1.807) is 7.05 Å². The van der Waals surface area contributed by atoms with E-state index >= 15 is 0 Å². The van der Waals surface area contributed by atoms with Gasteiger partial charge in [-0.3, -0.25) is 9.63 Å². The fourth-order valence-electron chi connectivity index (χ4n) is 2.65. The van der Waals surface area contributed by atoms with Crippen molar-refractivity contribution in [1.82, 2.24) is 9.63 Å². The number of hydroxylamine groups is 2. The Balaban J connectivity index is 2.36. The number of aromatic carboxylic acids is 1. The van der Waals surface area contributed by atoms with Crippen LogP contribution in [0.15, 0.2) is 36.4 Å². The number of hydrogen-bond donors (Lipinski definition) is 1. The summed E-state index contributed by atoms with van der Waals surface area (Å²) >= 11 is 0. The lowest BCUT2D eigenvalue weighted by Gasteiger charge is -2.28. The van der Waals surface area contributed by atoms with Gasteiger partial charge in [-0.2, -0.15) is 0 Å². The van der Waals surface area contributed by atoms with Gasteiger partial charge in [0.2, 0.25) is 0 Å². The second kappa shape index (κ2) is 6.66. The van der Waals surface area contributed by atoms with Gasteiger partial charge in [0, 0.05) is 7.05 Å². The first-order valence-corrected chi connectivity index (χ1v) is 7.20. The van der Waals surface area contributed by atoms with E-state index in [2.05, 4.69) is 0 Å².